The molecule has 0 saturated carbocycles. The molecule has 0 spiro atoms. The minimum Gasteiger partial charge on any atom is -0.366 e. The summed E-state index contributed by atoms with van der Waals surface area (Å²) in [6.07, 6.45) is -4.36. The predicted molar refractivity (Wildman–Crippen MR) is 100 cm³/mol. The zero-order chi connectivity index (χ0) is 19.4. The SMILES string of the molecule is Cc1cc(NCc2ccc(Cl)cc2)nc(Nc2ccc(C(F)(F)F)cc2)n1. The van der Waals surface area contributed by atoms with E-state index >= 15 is 0 Å². The fourth-order valence-electron chi connectivity index (χ4n) is 2.38. The highest BCUT2D eigenvalue weighted by atomic mass is 35.5. The molecule has 140 valence electrons. The van der Waals surface area contributed by atoms with Crippen LogP contribution in [-0.2, 0) is 12.7 Å². The van der Waals surface area contributed by atoms with Crippen molar-refractivity contribution in [1.29, 1.82) is 0 Å². The second kappa shape index (κ2) is 7.84. The van der Waals surface area contributed by atoms with Crippen LogP contribution >= 0.6 is 11.6 Å². The van der Waals surface area contributed by atoms with E-state index in [-0.39, 0.29) is 0 Å². The molecule has 0 aliphatic rings. The number of aromatic nitrogens is 2. The zero-order valence-electron chi connectivity index (χ0n) is 14.3. The Kier molecular flexibility index (Phi) is 5.51. The summed E-state index contributed by atoms with van der Waals surface area (Å²) in [4.78, 5) is 8.62. The van der Waals surface area contributed by atoms with Gasteiger partial charge in [-0.05, 0) is 48.9 Å². The first kappa shape index (κ1) is 19.0. The standard InChI is InChI=1S/C19H16ClF3N4/c1-12-10-17(24-11-13-2-6-15(20)7-3-13)27-18(25-12)26-16-8-4-14(5-9-16)19(21,22)23/h2-10H,11H2,1H3,(H2,24,25,26,27). The molecule has 0 radical (unpaired) electrons. The van der Waals surface area contributed by atoms with Crippen molar-refractivity contribution in [2.45, 2.75) is 19.6 Å². The number of nitrogens with one attached hydrogen (secondary N) is 2. The fraction of sp³-hybridized carbons (Fsp3) is 0.158. The average Bonchev–Trinajstić information content (AvgIpc) is 2.60. The Labute approximate surface area is 159 Å². The molecule has 1 heterocycles. The van der Waals surface area contributed by atoms with Gasteiger partial charge in [0.1, 0.15) is 5.82 Å². The van der Waals surface area contributed by atoms with Gasteiger partial charge in [0.2, 0.25) is 5.95 Å². The van der Waals surface area contributed by atoms with Crippen LogP contribution in [0.15, 0.2) is 54.6 Å². The lowest BCUT2D eigenvalue weighted by Crippen LogP contribution is -2.06. The largest absolute Gasteiger partial charge is 0.416 e. The van der Waals surface area contributed by atoms with Crippen LogP contribution in [0.4, 0.5) is 30.6 Å². The van der Waals surface area contributed by atoms with Crippen LogP contribution in [0.1, 0.15) is 16.8 Å². The van der Waals surface area contributed by atoms with Crippen molar-refractivity contribution in [2.24, 2.45) is 0 Å². The van der Waals surface area contributed by atoms with Gasteiger partial charge in [0.25, 0.3) is 0 Å². The van der Waals surface area contributed by atoms with E-state index in [0.29, 0.717) is 29.0 Å². The maximum Gasteiger partial charge on any atom is 0.416 e. The number of hydrogen-bond acceptors (Lipinski definition) is 4. The lowest BCUT2D eigenvalue weighted by molar-refractivity contribution is -0.137. The molecule has 8 heteroatoms. The van der Waals surface area contributed by atoms with Gasteiger partial charge in [-0.1, -0.05) is 23.7 Å². The highest BCUT2D eigenvalue weighted by Gasteiger charge is 2.29. The zero-order valence-corrected chi connectivity index (χ0v) is 15.1. The number of alkyl halides is 3. The van der Waals surface area contributed by atoms with Gasteiger partial charge in [-0.2, -0.15) is 18.2 Å². The molecule has 1 aromatic heterocycles. The van der Waals surface area contributed by atoms with Gasteiger partial charge in [0.05, 0.1) is 5.56 Å². The molecule has 2 N–H and O–H groups in total. The molecule has 0 amide bonds. The quantitative estimate of drug-likeness (QED) is 0.575. The summed E-state index contributed by atoms with van der Waals surface area (Å²) in [6.45, 7) is 2.36. The molecular weight excluding hydrogens is 377 g/mol. The lowest BCUT2D eigenvalue weighted by atomic mass is 10.2. The third kappa shape index (κ3) is 5.34. The maximum atomic E-state index is 12.6. The number of hydrogen-bond donors (Lipinski definition) is 2. The van der Waals surface area contributed by atoms with Gasteiger partial charge in [0.15, 0.2) is 0 Å². The Balaban J connectivity index is 1.70. The number of halogens is 4. The number of nitrogens with zero attached hydrogens (tertiary/aromatic N) is 2. The van der Waals surface area contributed by atoms with Gasteiger partial charge >= 0.3 is 6.18 Å². The average molecular weight is 393 g/mol. The van der Waals surface area contributed by atoms with Crippen molar-refractivity contribution in [2.75, 3.05) is 10.6 Å². The van der Waals surface area contributed by atoms with E-state index in [1.54, 1.807) is 18.2 Å². The summed E-state index contributed by atoms with van der Waals surface area (Å²) in [6, 6.07) is 13.9. The van der Waals surface area contributed by atoms with E-state index in [0.717, 1.165) is 23.4 Å². The van der Waals surface area contributed by atoms with Crippen molar-refractivity contribution in [3.05, 3.63) is 76.4 Å². The van der Waals surface area contributed by atoms with Crippen molar-refractivity contribution >= 4 is 29.1 Å². The smallest absolute Gasteiger partial charge is 0.366 e. The number of aryl methyl sites for hydroxylation is 1. The molecule has 3 rings (SSSR count). The van der Waals surface area contributed by atoms with Crippen LogP contribution < -0.4 is 10.6 Å². The normalized spacial score (nSPS) is 11.3. The molecule has 0 bridgehead atoms. The molecule has 0 aliphatic heterocycles. The molecule has 0 atom stereocenters. The Bertz CT molecular complexity index is 910. The summed E-state index contributed by atoms with van der Waals surface area (Å²) in [5.41, 5.74) is 1.52. The number of rotatable bonds is 5. The Hall–Kier alpha value is -2.80. The van der Waals surface area contributed by atoms with Gasteiger partial charge in [-0.15, -0.1) is 0 Å². The fourth-order valence-corrected chi connectivity index (χ4v) is 2.51. The van der Waals surface area contributed by atoms with Crippen LogP contribution in [0.2, 0.25) is 5.02 Å². The van der Waals surface area contributed by atoms with Gasteiger partial charge in [-0.25, -0.2) is 4.98 Å². The second-order valence-corrected chi connectivity index (χ2v) is 6.33. The minimum atomic E-state index is -4.36. The Morgan fingerprint density at radius 1 is 0.963 bits per heavy atom. The maximum absolute atomic E-state index is 12.6. The van der Waals surface area contributed by atoms with E-state index in [4.69, 9.17) is 11.6 Å². The molecule has 0 fully saturated rings. The van der Waals surface area contributed by atoms with Crippen LogP contribution in [0.25, 0.3) is 0 Å². The number of anilines is 3. The van der Waals surface area contributed by atoms with Crippen LogP contribution in [-0.4, -0.2) is 9.97 Å². The topological polar surface area (TPSA) is 49.8 Å². The van der Waals surface area contributed by atoms with E-state index in [2.05, 4.69) is 20.6 Å². The third-order valence-electron chi connectivity index (χ3n) is 3.71. The first-order valence-electron chi connectivity index (χ1n) is 8.08. The van der Waals surface area contributed by atoms with Crippen LogP contribution in [0.3, 0.4) is 0 Å². The van der Waals surface area contributed by atoms with Crippen LogP contribution in [0.5, 0.6) is 0 Å². The first-order chi connectivity index (χ1) is 12.8. The van der Waals surface area contributed by atoms with E-state index in [1.807, 2.05) is 19.1 Å². The Morgan fingerprint density at radius 2 is 1.63 bits per heavy atom. The molecule has 0 unspecified atom stereocenters. The first-order valence-corrected chi connectivity index (χ1v) is 8.46. The molecule has 0 aliphatic carbocycles. The summed E-state index contributed by atoms with van der Waals surface area (Å²) in [5, 5.41) is 6.78. The summed E-state index contributed by atoms with van der Waals surface area (Å²) < 4.78 is 37.9. The third-order valence-corrected chi connectivity index (χ3v) is 3.96. The molecule has 4 nitrogen and oxygen atoms in total. The van der Waals surface area contributed by atoms with E-state index < -0.39 is 11.7 Å². The van der Waals surface area contributed by atoms with Gasteiger partial charge in [-0.3, -0.25) is 0 Å². The number of benzene rings is 2. The van der Waals surface area contributed by atoms with Crippen molar-refractivity contribution in [1.82, 2.24) is 9.97 Å². The second-order valence-electron chi connectivity index (χ2n) is 5.90. The Morgan fingerprint density at radius 3 is 2.26 bits per heavy atom. The molecule has 2 aromatic carbocycles. The molecule has 0 saturated heterocycles. The minimum absolute atomic E-state index is 0.299. The van der Waals surface area contributed by atoms with Crippen molar-refractivity contribution in [3.63, 3.8) is 0 Å². The van der Waals surface area contributed by atoms with Crippen molar-refractivity contribution in [3.8, 4) is 0 Å². The van der Waals surface area contributed by atoms with E-state index in [9.17, 15) is 13.2 Å². The summed E-state index contributed by atoms with van der Waals surface area (Å²) in [5.74, 6) is 0.903. The molecule has 27 heavy (non-hydrogen) atoms. The predicted octanol–water partition coefficient (Wildman–Crippen LogP) is 5.81. The molecular formula is C19H16ClF3N4. The van der Waals surface area contributed by atoms with E-state index in [1.165, 1.54) is 12.1 Å². The lowest BCUT2D eigenvalue weighted by Gasteiger charge is -2.11. The van der Waals surface area contributed by atoms with Gasteiger partial charge in [0, 0.05) is 29.0 Å². The summed E-state index contributed by atoms with van der Waals surface area (Å²) in [7, 11) is 0. The van der Waals surface area contributed by atoms with Crippen LogP contribution in [0, 0.1) is 6.92 Å². The highest BCUT2D eigenvalue weighted by molar-refractivity contribution is 6.30. The van der Waals surface area contributed by atoms with Gasteiger partial charge < -0.3 is 10.6 Å². The highest BCUT2D eigenvalue weighted by Crippen LogP contribution is 2.30. The monoisotopic (exact) mass is 392 g/mol. The van der Waals surface area contributed by atoms with Crippen molar-refractivity contribution < 1.29 is 13.2 Å². The molecule has 3 aromatic rings. The summed E-state index contributed by atoms with van der Waals surface area (Å²) >= 11 is 5.87.